The zero-order valence-corrected chi connectivity index (χ0v) is 14.8. The lowest BCUT2D eigenvalue weighted by molar-refractivity contribution is 0.0744. The van der Waals surface area contributed by atoms with Crippen molar-refractivity contribution in [2.24, 2.45) is 5.92 Å². The Morgan fingerprint density at radius 3 is 2.81 bits per heavy atom. The third kappa shape index (κ3) is 3.69. The standard InChI is InChI=1S/C19H21FN4O2/c1-13(2)12-26-17-11-24(15-6-4-3-5-7-15)22-18(17)19(25)23-10-14(20)8-16(23)9-21/h3-7,11,13-14,16H,8,10,12H2,1-2H3. The maximum Gasteiger partial charge on any atom is 0.279 e. The quantitative estimate of drug-likeness (QED) is 0.826. The van der Waals surface area contributed by atoms with Gasteiger partial charge in [-0.1, -0.05) is 32.0 Å². The lowest BCUT2D eigenvalue weighted by Crippen LogP contribution is -2.35. The molecule has 0 saturated carbocycles. The number of hydrogen-bond donors (Lipinski definition) is 0. The molecule has 0 spiro atoms. The number of nitriles is 1. The first-order valence-electron chi connectivity index (χ1n) is 8.62. The maximum absolute atomic E-state index is 13.7. The predicted octanol–water partition coefficient (Wildman–Crippen LogP) is 2.98. The summed E-state index contributed by atoms with van der Waals surface area (Å²) >= 11 is 0. The van der Waals surface area contributed by atoms with E-state index in [1.807, 2.05) is 50.2 Å². The molecule has 0 bridgehead atoms. The van der Waals surface area contributed by atoms with E-state index in [2.05, 4.69) is 5.10 Å². The summed E-state index contributed by atoms with van der Waals surface area (Å²) in [7, 11) is 0. The number of carbonyl (C=O) groups excluding carboxylic acids is 1. The molecule has 1 fully saturated rings. The van der Waals surface area contributed by atoms with E-state index < -0.39 is 18.1 Å². The van der Waals surface area contributed by atoms with Crippen LogP contribution in [0.3, 0.4) is 0 Å². The van der Waals surface area contributed by atoms with Crippen LogP contribution in [0, 0.1) is 17.2 Å². The summed E-state index contributed by atoms with van der Waals surface area (Å²) in [5, 5.41) is 13.6. The fourth-order valence-electron chi connectivity index (χ4n) is 2.85. The molecule has 26 heavy (non-hydrogen) atoms. The molecule has 2 atom stereocenters. The van der Waals surface area contributed by atoms with Gasteiger partial charge in [-0.05, 0) is 18.1 Å². The summed E-state index contributed by atoms with van der Waals surface area (Å²) in [6.45, 7) is 4.33. The number of rotatable bonds is 5. The summed E-state index contributed by atoms with van der Waals surface area (Å²) in [6.07, 6.45) is 0.485. The highest BCUT2D eigenvalue weighted by Crippen LogP contribution is 2.27. The summed E-state index contributed by atoms with van der Waals surface area (Å²) in [5.74, 6) is 0.128. The summed E-state index contributed by atoms with van der Waals surface area (Å²) < 4.78 is 21.0. The van der Waals surface area contributed by atoms with Crippen LogP contribution in [0.25, 0.3) is 5.69 Å². The molecule has 0 aliphatic carbocycles. The second-order valence-electron chi connectivity index (χ2n) is 6.76. The molecular weight excluding hydrogens is 335 g/mol. The number of carbonyl (C=O) groups is 1. The minimum Gasteiger partial charge on any atom is -0.489 e. The van der Waals surface area contributed by atoms with E-state index in [1.54, 1.807) is 10.9 Å². The van der Waals surface area contributed by atoms with Crippen LogP contribution >= 0.6 is 0 Å². The molecule has 2 aromatic rings. The van der Waals surface area contributed by atoms with Gasteiger partial charge >= 0.3 is 0 Å². The number of hydrogen-bond acceptors (Lipinski definition) is 4. The highest BCUT2D eigenvalue weighted by molar-refractivity contribution is 5.95. The average molecular weight is 356 g/mol. The first-order chi connectivity index (χ1) is 12.5. The summed E-state index contributed by atoms with van der Waals surface area (Å²) in [6, 6.07) is 10.6. The van der Waals surface area contributed by atoms with E-state index in [9.17, 15) is 14.4 Å². The Bertz CT molecular complexity index is 813. The van der Waals surface area contributed by atoms with Gasteiger partial charge in [-0.15, -0.1) is 0 Å². The Morgan fingerprint density at radius 1 is 1.42 bits per heavy atom. The van der Waals surface area contributed by atoms with Gasteiger partial charge in [-0.25, -0.2) is 9.07 Å². The van der Waals surface area contributed by atoms with Crippen LogP contribution in [0.1, 0.15) is 30.8 Å². The van der Waals surface area contributed by atoms with Crippen LogP contribution in [0.15, 0.2) is 36.5 Å². The van der Waals surface area contributed by atoms with Crippen molar-refractivity contribution in [3.8, 4) is 17.5 Å². The number of nitrogens with zero attached hydrogens (tertiary/aromatic N) is 4. The second-order valence-corrected chi connectivity index (χ2v) is 6.76. The molecule has 136 valence electrons. The van der Waals surface area contributed by atoms with Crippen LogP contribution in [0.4, 0.5) is 4.39 Å². The molecule has 3 rings (SSSR count). The third-order valence-electron chi connectivity index (χ3n) is 4.14. The highest BCUT2D eigenvalue weighted by atomic mass is 19.1. The van der Waals surface area contributed by atoms with Gasteiger partial charge < -0.3 is 9.64 Å². The number of aromatic nitrogens is 2. The number of ether oxygens (including phenoxy) is 1. The van der Waals surface area contributed by atoms with Gasteiger partial charge in [0.25, 0.3) is 5.91 Å². The molecule has 0 N–H and O–H groups in total. The van der Waals surface area contributed by atoms with Crippen LogP contribution in [0.2, 0.25) is 0 Å². The van der Waals surface area contributed by atoms with Crippen LogP contribution in [-0.2, 0) is 0 Å². The van der Waals surface area contributed by atoms with Gasteiger partial charge in [0, 0.05) is 6.42 Å². The minimum absolute atomic E-state index is 0.0316. The lowest BCUT2D eigenvalue weighted by atomic mass is 10.2. The van der Waals surface area contributed by atoms with Crippen molar-refractivity contribution in [2.75, 3.05) is 13.2 Å². The van der Waals surface area contributed by atoms with Gasteiger partial charge in [-0.2, -0.15) is 10.4 Å². The molecule has 1 aromatic heterocycles. The Balaban J connectivity index is 1.94. The first-order valence-corrected chi connectivity index (χ1v) is 8.62. The SMILES string of the molecule is CC(C)COc1cn(-c2ccccc2)nc1C(=O)N1CC(F)CC1C#N. The molecule has 1 aliphatic heterocycles. The maximum atomic E-state index is 13.7. The third-order valence-corrected chi connectivity index (χ3v) is 4.14. The Morgan fingerprint density at radius 2 is 2.15 bits per heavy atom. The van der Waals surface area contributed by atoms with E-state index in [0.29, 0.717) is 12.4 Å². The van der Waals surface area contributed by atoms with E-state index in [1.165, 1.54) is 4.90 Å². The van der Waals surface area contributed by atoms with Crippen molar-refractivity contribution < 1.29 is 13.9 Å². The summed E-state index contributed by atoms with van der Waals surface area (Å²) in [4.78, 5) is 14.2. The van der Waals surface area contributed by atoms with Crippen molar-refractivity contribution in [3.63, 3.8) is 0 Å². The predicted molar refractivity (Wildman–Crippen MR) is 93.8 cm³/mol. The number of para-hydroxylation sites is 1. The molecular formula is C19H21FN4O2. The summed E-state index contributed by atoms with van der Waals surface area (Å²) in [5.41, 5.74) is 0.881. The van der Waals surface area contributed by atoms with Gasteiger partial charge in [0.1, 0.15) is 12.2 Å². The van der Waals surface area contributed by atoms with E-state index in [-0.39, 0.29) is 24.6 Å². The molecule has 6 nitrogen and oxygen atoms in total. The molecule has 7 heteroatoms. The van der Waals surface area contributed by atoms with Crippen LogP contribution < -0.4 is 4.74 Å². The Kier molecular flexibility index (Phi) is 5.21. The monoisotopic (exact) mass is 356 g/mol. The van der Waals surface area contributed by atoms with Crippen molar-refractivity contribution in [1.82, 2.24) is 14.7 Å². The van der Waals surface area contributed by atoms with Crippen molar-refractivity contribution in [1.29, 1.82) is 5.26 Å². The van der Waals surface area contributed by atoms with Crippen LogP contribution in [-0.4, -0.2) is 46.0 Å². The zero-order valence-electron chi connectivity index (χ0n) is 14.8. The number of benzene rings is 1. The van der Waals surface area contributed by atoms with Gasteiger partial charge in [-0.3, -0.25) is 4.79 Å². The topological polar surface area (TPSA) is 71.2 Å². The fourth-order valence-corrected chi connectivity index (χ4v) is 2.85. The van der Waals surface area contributed by atoms with E-state index >= 15 is 0 Å². The van der Waals surface area contributed by atoms with Gasteiger partial charge in [0.2, 0.25) is 0 Å². The molecule has 1 saturated heterocycles. The lowest BCUT2D eigenvalue weighted by Gasteiger charge is -2.18. The molecule has 2 unspecified atom stereocenters. The van der Waals surface area contributed by atoms with Crippen molar-refractivity contribution in [3.05, 3.63) is 42.2 Å². The fraction of sp³-hybridized carbons (Fsp3) is 0.421. The van der Waals surface area contributed by atoms with Gasteiger partial charge in [0.05, 0.1) is 31.1 Å². The Hall–Kier alpha value is -2.88. The number of likely N-dealkylation sites (tertiary alicyclic amines) is 1. The van der Waals surface area contributed by atoms with Gasteiger partial charge in [0.15, 0.2) is 11.4 Å². The molecule has 2 heterocycles. The highest BCUT2D eigenvalue weighted by Gasteiger charge is 2.38. The van der Waals surface area contributed by atoms with E-state index in [4.69, 9.17) is 4.74 Å². The first kappa shape index (κ1) is 17.9. The molecule has 0 radical (unpaired) electrons. The zero-order chi connectivity index (χ0) is 18.7. The normalized spacial score (nSPS) is 19.6. The Labute approximate surface area is 151 Å². The average Bonchev–Trinajstić information content (AvgIpc) is 3.23. The number of amides is 1. The van der Waals surface area contributed by atoms with E-state index in [0.717, 1.165) is 5.69 Å². The smallest absolute Gasteiger partial charge is 0.279 e. The molecule has 1 aliphatic rings. The molecule has 1 amide bonds. The minimum atomic E-state index is -1.19. The largest absolute Gasteiger partial charge is 0.489 e. The number of halogens is 1. The molecule has 1 aromatic carbocycles. The second kappa shape index (κ2) is 7.56. The number of alkyl halides is 1. The van der Waals surface area contributed by atoms with Crippen molar-refractivity contribution in [2.45, 2.75) is 32.5 Å². The van der Waals surface area contributed by atoms with Crippen LogP contribution in [0.5, 0.6) is 5.75 Å². The van der Waals surface area contributed by atoms with Crippen molar-refractivity contribution >= 4 is 5.91 Å².